The monoisotopic (exact) mass is 245 g/mol. The normalized spacial score (nSPS) is 12.4. The first kappa shape index (κ1) is 12.6. The predicted octanol–water partition coefficient (Wildman–Crippen LogP) is 2.74. The lowest BCUT2D eigenvalue weighted by Crippen LogP contribution is -2.14. The molecular formula is C14H16FN3. The minimum absolute atomic E-state index is 0.172. The average molecular weight is 245 g/mol. The molecule has 18 heavy (non-hydrogen) atoms. The molecule has 0 fully saturated rings. The average Bonchev–Trinajstić information content (AvgIpc) is 2.41. The summed E-state index contributed by atoms with van der Waals surface area (Å²) >= 11 is 0. The molecule has 3 nitrogen and oxygen atoms in total. The molecule has 1 aromatic heterocycles. The minimum atomic E-state index is -0.249. The summed E-state index contributed by atoms with van der Waals surface area (Å²) in [5.41, 5.74) is 7.37. The molecule has 0 aliphatic carbocycles. The number of nitrogens with two attached hydrogens (primary N) is 1. The van der Waals surface area contributed by atoms with E-state index in [1.807, 2.05) is 6.07 Å². The van der Waals surface area contributed by atoms with E-state index in [2.05, 4.69) is 16.9 Å². The molecule has 0 aliphatic heterocycles. The summed E-state index contributed by atoms with van der Waals surface area (Å²) in [6, 6.07) is 8.10. The van der Waals surface area contributed by atoms with Crippen LogP contribution >= 0.6 is 0 Å². The van der Waals surface area contributed by atoms with Crippen LogP contribution in [-0.4, -0.2) is 16.5 Å². The quantitative estimate of drug-likeness (QED) is 0.901. The number of hydrogen-bond acceptors (Lipinski definition) is 3. The van der Waals surface area contributed by atoms with E-state index in [-0.39, 0.29) is 11.7 Å². The largest absolute Gasteiger partial charge is 0.330 e. The first-order valence-electron chi connectivity index (χ1n) is 6.03. The van der Waals surface area contributed by atoms with E-state index in [0.717, 1.165) is 23.5 Å². The van der Waals surface area contributed by atoms with Crippen LogP contribution in [0.5, 0.6) is 0 Å². The summed E-state index contributed by atoms with van der Waals surface area (Å²) in [5.74, 6) is 0.675. The van der Waals surface area contributed by atoms with Crippen molar-refractivity contribution in [3.63, 3.8) is 0 Å². The van der Waals surface area contributed by atoms with Gasteiger partial charge in [0, 0.05) is 24.2 Å². The zero-order valence-corrected chi connectivity index (χ0v) is 10.3. The van der Waals surface area contributed by atoms with Crippen molar-refractivity contribution in [3.8, 4) is 11.3 Å². The topological polar surface area (TPSA) is 51.8 Å². The van der Waals surface area contributed by atoms with E-state index in [0.29, 0.717) is 6.54 Å². The molecule has 1 aromatic carbocycles. The maximum absolute atomic E-state index is 12.9. The maximum Gasteiger partial charge on any atom is 0.133 e. The van der Waals surface area contributed by atoms with Crippen LogP contribution in [0.3, 0.4) is 0 Å². The third-order valence-corrected chi connectivity index (χ3v) is 2.96. The standard InChI is InChI=1S/C14H16FN3/c1-2-10(9-16)14-17-8-7-13(18-14)11-3-5-12(15)6-4-11/h3-8,10H,2,9,16H2,1H3. The Morgan fingerprint density at radius 3 is 2.56 bits per heavy atom. The van der Waals surface area contributed by atoms with Crippen molar-refractivity contribution >= 4 is 0 Å². The van der Waals surface area contributed by atoms with E-state index >= 15 is 0 Å². The lowest BCUT2D eigenvalue weighted by Gasteiger charge is -2.11. The summed E-state index contributed by atoms with van der Waals surface area (Å²) in [6.07, 6.45) is 2.63. The Morgan fingerprint density at radius 2 is 1.94 bits per heavy atom. The molecule has 4 heteroatoms. The zero-order valence-electron chi connectivity index (χ0n) is 10.3. The van der Waals surface area contributed by atoms with Gasteiger partial charge in [-0.05, 0) is 36.8 Å². The Bertz CT molecular complexity index is 507. The van der Waals surface area contributed by atoms with Crippen molar-refractivity contribution in [2.24, 2.45) is 5.73 Å². The van der Waals surface area contributed by atoms with Gasteiger partial charge in [0.2, 0.25) is 0 Å². The fourth-order valence-corrected chi connectivity index (χ4v) is 1.81. The first-order chi connectivity index (χ1) is 8.74. The Hall–Kier alpha value is -1.81. The van der Waals surface area contributed by atoms with Crippen LogP contribution < -0.4 is 5.73 Å². The number of hydrogen-bond donors (Lipinski definition) is 1. The second-order valence-electron chi connectivity index (χ2n) is 4.15. The number of rotatable bonds is 4. The van der Waals surface area contributed by atoms with Crippen LogP contribution in [0.15, 0.2) is 36.5 Å². The Balaban J connectivity index is 2.34. The van der Waals surface area contributed by atoms with Crippen LogP contribution in [0, 0.1) is 5.82 Å². The molecule has 1 heterocycles. The van der Waals surface area contributed by atoms with Gasteiger partial charge < -0.3 is 5.73 Å². The van der Waals surface area contributed by atoms with Crippen LogP contribution in [0.2, 0.25) is 0 Å². The SMILES string of the molecule is CCC(CN)c1nccc(-c2ccc(F)cc2)n1. The molecule has 1 unspecified atom stereocenters. The summed E-state index contributed by atoms with van der Waals surface area (Å²) < 4.78 is 12.9. The van der Waals surface area contributed by atoms with Crippen molar-refractivity contribution in [1.29, 1.82) is 0 Å². The Kier molecular flexibility index (Phi) is 3.99. The Morgan fingerprint density at radius 1 is 1.22 bits per heavy atom. The highest BCUT2D eigenvalue weighted by Gasteiger charge is 2.11. The predicted molar refractivity (Wildman–Crippen MR) is 69.5 cm³/mol. The second-order valence-corrected chi connectivity index (χ2v) is 4.15. The van der Waals surface area contributed by atoms with Crippen molar-refractivity contribution in [3.05, 3.63) is 48.2 Å². The number of aromatic nitrogens is 2. The van der Waals surface area contributed by atoms with Crippen molar-refractivity contribution < 1.29 is 4.39 Å². The number of halogens is 1. The van der Waals surface area contributed by atoms with E-state index in [4.69, 9.17) is 5.73 Å². The van der Waals surface area contributed by atoms with Gasteiger partial charge >= 0.3 is 0 Å². The van der Waals surface area contributed by atoms with Crippen molar-refractivity contribution in [2.75, 3.05) is 6.54 Å². The molecule has 2 N–H and O–H groups in total. The van der Waals surface area contributed by atoms with Crippen LogP contribution in [0.1, 0.15) is 25.1 Å². The van der Waals surface area contributed by atoms with Gasteiger partial charge in [-0.25, -0.2) is 14.4 Å². The van der Waals surface area contributed by atoms with Crippen LogP contribution in [0.25, 0.3) is 11.3 Å². The first-order valence-corrected chi connectivity index (χ1v) is 6.03. The van der Waals surface area contributed by atoms with Gasteiger partial charge in [-0.15, -0.1) is 0 Å². The summed E-state index contributed by atoms with van der Waals surface area (Å²) in [4.78, 5) is 8.76. The molecule has 1 atom stereocenters. The molecular weight excluding hydrogens is 229 g/mol. The number of nitrogens with zero attached hydrogens (tertiary/aromatic N) is 2. The van der Waals surface area contributed by atoms with E-state index in [1.54, 1.807) is 18.3 Å². The number of benzene rings is 1. The summed E-state index contributed by atoms with van der Waals surface area (Å²) in [5, 5.41) is 0. The third kappa shape index (κ3) is 2.71. The van der Waals surface area contributed by atoms with Gasteiger partial charge in [0.15, 0.2) is 0 Å². The lowest BCUT2D eigenvalue weighted by molar-refractivity contribution is 0.627. The molecule has 2 aromatic rings. The van der Waals surface area contributed by atoms with Gasteiger partial charge in [0.05, 0.1) is 5.69 Å². The minimum Gasteiger partial charge on any atom is -0.330 e. The van der Waals surface area contributed by atoms with E-state index in [1.165, 1.54) is 12.1 Å². The summed E-state index contributed by atoms with van der Waals surface area (Å²) in [7, 11) is 0. The lowest BCUT2D eigenvalue weighted by atomic mass is 10.1. The van der Waals surface area contributed by atoms with E-state index in [9.17, 15) is 4.39 Å². The smallest absolute Gasteiger partial charge is 0.133 e. The second kappa shape index (κ2) is 5.69. The molecule has 2 rings (SSSR count). The molecule has 0 amide bonds. The van der Waals surface area contributed by atoms with Gasteiger partial charge in [-0.1, -0.05) is 6.92 Å². The van der Waals surface area contributed by atoms with Crippen LogP contribution in [-0.2, 0) is 0 Å². The molecule has 0 bridgehead atoms. The fourth-order valence-electron chi connectivity index (χ4n) is 1.81. The molecule has 94 valence electrons. The highest BCUT2D eigenvalue weighted by atomic mass is 19.1. The molecule has 0 aliphatic rings. The zero-order chi connectivity index (χ0) is 13.0. The summed E-state index contributed by atoms with van der Waals surface area (Å²) in [6.45, 7) is 2.59. The van der Waals surface area contributed by atoms with Gasteiger partial charge in [0.25, 0.3) is 0 Å². The van der Waals surface area contributed by atoms with Gasteiger partial charge in [-0.3, -0.25) is 0 Å². The van der Waals surface area contributed by atoms with Crippen LogP contribution in [0.4, 0.5) is 4.39 Å². The molecule has 0 radical (unpaired) electrons. The van der Waals surface area contributed by atoms with E-state index < -0.39 is 0 Å². The van der Waals surface area contributed by atoms with Gasteiger partial charge in [-0.2, -0.15) is 0 Å². The highest BCUT2D eigenvalue weighted by molar-refractivity contribution is 5.58. The molecule has 0 spiro atoms. The van der Waals surface area contributed by atoms with Gasteiger partial charge in [0.1, 0.15) is 11.6 Å². The Labute approximate surface area is 106 Å². The third-order valence-electron chi connectivity index (χ3n) is 2.96. The fraction of sp³-hybridized carbons (Fsp3) is 0.286. The van der Waals surface area contributed by atoms with Crippen molar-refractivity contribution in [2.45, 2.75) is 19.3 Å². The highest BCUT2D eigenvalue weighted by Crippen LogP contribution is 2.20. The molecule has 0 saturated heterocycles. The molecule has 0 saturated carbocycles. The maximum atomic E-state index is 12.9. The van der Waals surface area contributed by atoms with Crippen molar-refractivity contribution in [1.82, 2.24) is 9.97 Å².